The number of nitrogens with one attached hydrogen (secondary N) is 1. The summed E-state index contributed by atoms with van der Waals surface area (Å²) in [6.07, 6.45) is 0.703. The minimum Gasteiger partial charge on any atom is -0.464 e. The fraction of sp³-hybridized carbons (Fsp3) is 0.462. The summed E-state index contributed by atoms with van der Waals surface area (Å²) in [6.45, 7) is 6.19. The Bertz CT molecular complexity index is 393. The summed E-state index contributed by atoms with van der Waals surface area (Å²) in [5, 5.41) is 3.21. The first-order chi connectivity index (χ1) is 8.08. The number of anilines is 1. The van der Waals surface area contributed by atoms with E-state index in [2.05, 4.69) is 21.2 Å². The zero-order valence-electron chi connectivity index (χ0n) is 10.4. The van der Waals surface area contributed by atoms with Gasteiger partial charge in [0.25, 0.3) is 0 Å². The second-order valence-electron chi connectivity index (χ2n) is 3.82. The predicted molar refractivity (Wildman–Crippen MR) is 73.2 cm³/mol. The van der Waals surface area contributed by atoms with Crippen molar-refractivity contribution in [3.05, 3.63) is 28.2 Å². The highest BCUT2D eigenvalue weighted by Gasteiger charge is 2.17. The van der Waals surface area contributed by atoms with Gasteiger partial charge in [-0.25, -0.2) is 4.79 Å². The number of ether oxygens (including phenoxy) is 1. The second-order valence-corrected chi connectivity index (χ2v) is 4.73. The first-order valence-corrected chi connectivity index (χ1v) is 6.57. The summed E-state index contributed by atoms with van der Waals surface area (Å²) < 4.78 is 6.05. The summed E-state index contributed by atoms with van der Waals surface area (Å²) in [7, 11) is 0. The van der Waals surface area contributed by atoms with Crippen molar-refractivity contribution in [1.29, 1.82) is 0 Å². The van der Waals surface area contributed by atoms with Gasteiger partial charge in [-0.3, -0.25) is 0 Å². The van der Waals surface area contributed by atoms with Gasteiger partial charge in [0, 0.05) is 10.2 Å². The van der Waals surface area contributed by atoms with Crippen LogP contribution in [0.5, 0.6) is 0 Å². The van der Waals surface area contributed by atoms with Crippen LogP contribution in [0.3, 0.4) is 0 Å². The molecule has 0 saturated heterocycles. The molecule has 0 saturated carbocycles. The first kappa shape index (κ1) is 14.0. The van der Waals surface area contributed by atoms with Crippen molar-refractivity contribution >= 4 is 27.6 Å². The Hall–Kier alpha value is -1.03. The van der Waals surface area contributed by atoms with E-state index in [0.717, 1.165) is 15.7 Å². The van der Waals surface area contributed by atoms with E-state index in [9.17, 15) is 4.79 Å². The quantitative estimate of drug-likeness (QED) is 0.846. The largest absolute Gasteiger partial charge is 0.464 e. The first-order valence-electron chi connectivity index (χ1n) is 5.77. The van der Waals surface area contributed by atoms with E-state index in [0.29, 0.717) is 13.0 Å². The van der Waals surface area contributed by atoms with E-state index in [1.54, 1.807) is 0 Å². The number of carbonyl (C=O) groups is 1. The normalized spacial score (nSPS) is 12.0. The fourth-order valence-corrected chi connectivity index (χ4v) is 2.02. The van der Waals surface area contributed by atoms with Gasteiger partial charge in [0.05, 0.1) is 6.61 Å². The Morgan fingerprint density at radius 1 is 1.47 bits per heavy atom. The Balaban J connectivity index is 2.77. The zero-order valence-corrected chi connectivity index (χ0v) is 12.0. The zero-order chi connectivity index (χ0) is 12.8. The minimum atomic E-state index is -0.283. The molecule has 1 N–H and O–H groups in total. The minimum absolute atomic E-state index is 0.197. The Morgan fingerprint density at radius 2 is 2.18 bits per heavy atom. The molecule has 0 amide bonds. The lowest BCUT2D eigenvalue weighted by molar-refractivity contribution is -0.144. The maximum atomic E-state index is 11.7. The summed E-state index contributed by atoms with van der Waals surface area (Å²) in [4.78, 5) is 11.7. The van der Waals surface area contributed by atoms with Crippen LogP contribution in [0.1, 0.15) is 25.8 Å². The van der Waals surface area contributed by atoms with Crippen LogP contribution in [0.15, 0.2) is 22.7 Å². The summed E-state index contributed by atoms with van der Waals surface area (Å²) in [6, 6.07) is 5.64. The topological polar surface area (TPSA) is 38.3 Å². The van der Waals surface area contributed by atoms with E-state index in [4.69, 9.17) is 4.74 Å². The molecule has 0 fully saturated rings. The molecule has 1 aromatic carbocycles. The lowest BCUT2D eigenvalue weighted by atomic mass is 10.1. The molecule has 1 rings (SSSR count). The van der Waals surface area contributed by atoms with Gasteiger partial charge in [0.15, 0.2) is 0 Å². The van der Waals surface area contributed by atoms with E-state index in [1.807, 2.05) is 39.0 Å². The molecule has 0 spiro atoms. The number of esters is 1. The molecule has 3 nitrogen and oxygen atoms in total. The molecule has 1 unspecified atom stereocenters. The summed E-state index contributed by atoms with van der Waals surface area (Å²) in [5.41, 5.74) is 2.07. The molecule has 0 aliphatic heterocycles. The standard InChI is InChI=1S/C13H18BrNO2/c1-4-11(13(16)17-5-2)15-12-7-6-10(14)8-9(12)3/h6-8,11,15H,4-5H2,1-3H3. The smallest absolute Gasteiger partial charge is 0.328 e. The second kappa shape index (κ2) is 6.64. The highest BCUT2D eigenvalue weighted by molar-refractivity contribution is 9.10. The molecule has 0 heterocycles. The molecule has 1 aromatic rings. The maximum Gasteiger partial charge on any atom is 0.328 e. The number of hydrogen-bond acceptors (Lipinski definition) is 3. The van der Waals surface area contributed by atoms with Crippen molar-refractivity contribution in [3.63, 3.8) is 0 Å². The van der Waals surface area contributed by atoms with Crippen molar-refractivity contribution < 1.29 is 9.53 Å². The summed E-state index contributed by atoms with van der Waals surface area (Å²) in [5.74, 6) is -0.197. The average Bonchev–Trinajstić information content (AvgIpc) is 2.28. The average molecular weight is 300 g/mol. The third-order valence-electron chi connectivity index (χ3n) is 2.50. The van der Waals surface area contributed by atoms with Gasteiger partial charge < -0.3 is 10.1 Å². The molecule has 4 heteroatoms. The number of halogens is 1. The van der Waals surface area contributed by atoms with Crippen LogP contribution in [0.4, 0.5) is 5.69 Å². The van der Waals surface area contributed by atoms with Crippen molar-refractivity contribution in [2.45, 2.75) is 33.2 Å². The van der Waals surface area contributed by atoms with Gasteiger partial charge in [-0.2, -0.15) is 0 Å². The van der Waals surface area contributed by atoms with E-state index in [-0.39, 0.29) is 12.0 Å². The molecule has 0 aliphatic rings. The van der Waals surface area contributed by atoms with Crippen LogP contribution in [0, 0.1) is 6.92 Å². The van der Waals surface area contributed by atoms with Crippen LogP contribution in [0.2, 0.25) is 0 Å². The molecular formula is C13H18BrNO2. The van der Waals surface area contributed by atoms with Gasteiger partial charge >= 0.3 is 5.97 Å². The Kier molecular flexibility index (Phi) is 5.48. The molecule has 0 radical (unpaired) electrons. The third kappa shape index (κ3) is 4.04. The number of hydrogen-bond donors (Lipinski definition) is 1. The highest BCUT2D eigenvalue weighted by atomic mass is 79.9. The van der Waals surface area contributed by atoms with Gasteiger partial charge in [0.1, 0.15) is 6.04 Å². The van der Waals surface area contributed by atoms with Gasteiger partial charge in [-0.1, -0.05) is 22.9 Å². The number of benzene rings is 1. The van der Waals surface area contributed by atoms with Gasteiger partial charge in [-0.05, 0) is 44.0 Å². The molecule has 0 aromatic heterocycles. The SMILES string of the molecule is CCOC(=O)C(CC)Nc1ccc(Br)cc1C. The van der Waals surface area contributed by atoms with Crippen LogP contribution in [-0.2, 0) is 9.53 Å². The highest BCUT2D eigenvalue weighted by Crippen LogP contribution is 2.21. The summed E-state index contributed by atoms with van der Waals surface area (Å²) >= 11 is 3.41. The van der Waals surface area contributed by atoms with Crippen LogP contribution in [-0.4, -0.2) is 18.6 Å². The van der Waals surface area contributed by atoms with Crippen molar-refractivity contribution in [2.24, 2.45) is 0 Å². The number of aryl methyl sites for hydroxylation is 1. The van der Waals surface area contributed by atoms with Crippen molar-refractivity contribution in [2.75, 3.05) is 11.9 Å². The van der Waals surface area contributed by atoms with Gasteiger partial charge in [0.2, 0.25) is 0 Å². The predicted octanol–water partition coefficient (Wildman–Crippen LogP) is 3.51. The maximum absolute atomic E-state index is 11.7. The van der Waals surface area contributed by atoms with Crippen molar-refractivity contribution in [3.8, 4) is 0 Å². The monoisotopic (exact) mass is 299 g/mol. The van der Waals surface area contributed by atoms with Crippen LogP contribution < -0.4 is 5.32 Å². The van der Waals surface area contributed by atoms with Crippen LogP contribution >= 0.6 is 15.9 Å². The Labute approximate surface area is 111 Å². The lowest BCUT2D eigenvalue weighted by Gasteiger charge is -2.18. The molecule has 17 heavy (non-hydrogen) atoms. The molecule has 0 bridgehead atoms. The molecule has 0 aliphatic carbocycles. The fourth-order valence-electron chi connectivity index (χ4n) is 1.55. The van der Waals surface area contributed by atoms with Crippen molar-refractivity contribution in [1.82, 2.24) is 0 Å². The third-order valence-corrected chi connectivity index (χ3v) is 2.99. The number of rotatable bonds is 5. The number of carbonyl (C=O) groups excluding carboxylic acids is 1. The van der Waals surface area contributed by atoms with E-state index in [1.165, 1.54) is 0 Å². The molecular weight excluding hydrogens is 282 g/mol. The Morgan fingerprint density at radius 3 is 2.71 bits per heavy atom. The van der Waals surface area contributed by atoms with E-state index < -0.39 is 0 Å². The van der Waals surface area contributed by atoms with Gasteiger partial charge in [-0.15, -0.1) is 0 Å². The van der Waals surface area contributed by atoms with Crippen LogP contribution in [0.25, 0.3) is 0 Å². The molecule has 94 valence electrons. The van der Waals surface area contributed by atoms with E-state index >= 15 is 0 Å². The lowest BCUT2D eigenvalue weighted by Crippen LogP contribution is -2.30. The molecule has 1 atom stereocenters.